The molecule has 3 unspecified atom stereocenters. The summed E-state index contributed by atoms with van der Waals surface area (Å²) in [5.74, 6) is 1.45. The minimum absolute atomic E-state index is 0. The molecule has 0 bridgehead atoms. The second kappa shape index (κ2) is 7.48. The second-order valence-corrected chi connectivity index (χ2v) is 6.38. The normalized spacial score (nSPS) is 27.0. The van der Waals surface area contributed by atoms with Crippen LogP contribution in [0.2, 0.25) is 5.02 Å². The van der Waals surface area contributed by atoms with Gasteiger partial charge < -0.3 is 10.6 Å². The summed E-state index contributed by atoms with van der Waals surface area (Å²) in [5, 5.41) is 7.19. The summed E-state index contributed by atoms with van der Waals surface area (Å²) in [4.78, 5) is 12.1. The zero-order valence-electron chi connectivity index (χ0n) is 12.0. The molecule has 1 saturated carbocycles. The van der Waals surface area contributed by atoms with Crippen LogP contribution in [-0.2, 0) is 4.79 Å². The first-order valence-electron chi connectivity index (χ1n) is 7.48. The van der Waals surface area contributed by atoms with Crippen LogP contribution in [0.15, 0.2) is 24.3 Å². The highest BCUT2D eigenvalue weighted by atomic mass is 35.5. The summed E-state index contributed by atoms with van der Waals surface area (Å²) in [6, 6.07) is 7.87. The van der Waals surface area contributed by atoms with Crippen LogP contribution in [-0.4, -0.2) is 25.5 Å². The number of rotatable bonds is 5. The highest BCUT2D eigenvalue weighted by Crippen LogP contribution is 2.47. The van der Waals surface area contributed by atoms with E-state index < -0.39 is 0 Å². The van der Waals surface area contributed by atoms with Crippen molar-refractivity contribution in [1.29, 1.82) is 0 Å². The third-order valence-corrected chi connectivity index (χ3v) is 4.65. The van der Waals surface area contributed by atoms with Crippen LogP contribution in [0.1, 0.15) is 30.7 Å². The van der Waals surface area contributed by atoms with E-state index in [1.54, 1.807) is 0 Å². The van der Waals surface area contributed by atoms with Crippen LogP contribution in [0.4, 0.5) is 0 Å². The van der Waals surface area contributed by atoms with Gasteiger partial charge >= 0.3 is 0 Å². The number of carbonyl (C=O) groups excluding carboxylic acids is 1. The lowest BCUT2D eigenvalue weighted by molar-refractivity contribution is -0.122. The molecule has 3 rings (SSSR count). The minimum Gasteiger partial charge on any atom is -0.356 e. The van der Waals surface area contributed by atoms with E-state index in [0.717, 1.165) is 43.4 Å². The van der Waals surface area contributed by atoms with Gasteiger partial charge in [-0.25, -0.2) is 0 Å². The molecule has 1 aromatic carbocycles. The van der Waals surface area contributed by atoms with E-state index >= 15 is 0 Å². The van der Waals surface area contributed by atoms with Gasteiger partial charge in [0.15, 0.2) is 0 Å². The van der Waals surface area contributed by atoms with Crippen LogP contribution in [0, 0.1) is 11.8 Å². The monoisotopic (exact) mass is 328 g/mol. The molecule has 2 fully saturated rings. The lowest BCUT2D eigenvalue weighted by atomic mass is 10.1. The van der Waals surface area contributed by atoms with Crippen LogP contribution in [0.5, 0.6) is 0 Å². The van der Waals surface area contributed by atoms with Crippen molar-refractivity contribution in [2.24, 2.45) is 11.8 Å². The topological polar surface area (TPSA) is 41.1 Å². The fourth-order valence-electron chi connectivity index (χ4n) is 3.08. The Bertz CT molecular complexity index is 489. The molecule has 1 saturated heterocycles. The van der Waals surface area contributed by atoms with Crippen LogP contribution in [0.25, 0.3) is 0 Å². The van der Waals surface area contributed by atoms with Crippen molar-refractivity contribution in [2.45, 2.75) is 25.2 Å². The minimum atomic E-state index is 0. The van der Waals surface area contributed by atoms with Gasteiger partial charge in [-0.15, -0.1) is 12.4 Å². The molecule has 3 nitrogen and oxygen atoms in total. The van der Waals surface area contributed by atoms with Gasteiger partial charge in [0, 0.05) is 17.5 Å². The van der Waals surface area contributed by atoms with Crippen molar-refractivity contribution in [3.05, 3.63) is 34.9 Å². The summed E-state index contributed by atoms with van der Waals surface area (Å²) < 4.78 is 0. The molecular weight excluding hydrogens is 307 g/mol. The Morgan fingerprint density at radius 3 is 3.00 bits per heavy atom. The van der Waals surface area contributed by atoms with Gasteiger partial charge in [0.2, 0.25) is 5.91 Å². The van der Waals surface area contributed by atoms with E-state index in [2.05, 4.69) is 16.7 Å². The van der Waals surface area contributed by atoms with Gasteiger partial charge in [-0.05, 0) is 61.9 Å². The molecule has 0 aromatic heterocycles. The van der Waals surface area contributed by atoms with E-state index in [0.29, 0.717) is 5.92 Å². The highest BCUT2D eigenvalue weighted by molar-refractivity contribution is 6.30. The molecular formula is C16H22Cl2N2O. The summed E-state index contributed by atoms with van der Waals surface area (Å²) in [6.07, 6.45) is 3.29. The average Bonchev–Trinajstić information content (AvgIpc) is 3.08. The molecule has 0 spiro atoms. The van der Waals surface area contributed by atoms with Crippen molar-refractivity contribution in [3.63, 3.8) is 0 Å². The van der Waals surface area contributed by atoms with E-state index in [-0.39, 0.29) is 24.2 Å². The second-order valence-electron chi connectivity index (χ2n) is 5.94. The number of hydrogen-bond acceptors (Lipinski definition) is 2. The summed E-state index contributed by atoms with van der Waals surface area (Å²) in [5.41, 5.74) is 1.19. The largest absolute Gasteiger partial charge is 0.356 e. The first kappa shape index (κ1) is 16.6. The standard InChI is InChI=1S/C16H21ClN2O.ClH/c17-13-3-1-2-12(8-13)14-9-15(14)16(20)19-7-5-11-4-6-18-10-11;/h1-3,8,11,14-15,18H,4-7,9-10H2,(H,19,20);1H. The predicted molar refractivity (Wildman–Crippen MR) is 88.2 cm³/mol. The van der Waals surface area contributed by atoms with Crippen molar-refractivity contribution in [2.75, 3.05) is 19.6 Å². The maximum Gasteiger partial charge on any atom is 0.223 e. The van der Waals surface area contributed by atoms with E-state index in [1.165, 1.54) is 12.0 Å². The molecule has 21 heavy (non-hydrogen) atoms. The van der Waals surface area contributed by atoms with Crippen molar-refractivity contribution < 1.29 is 4.79 Å². The molecule has 1 aromatic rings. The highest BCUT2D eigenvalue weighted by Gasteiger charge is 2.43. The van der Waals surface area contributed by atoms with Crippen LogP contribution < -0.4 is 10.6 Å². The van der Waals surface area contributed by atoms with Gasteiger partial charge in [-0.3, -0.25) is 4.79 Å². The Labute approximate surface area is 137 Å². The maximum absolute atomic E-state index is 12.1. The third-order valence-electron chi connectivity index (χ3n) is 4.42. The first-order chi connectivity index (χ1) is 9.74. The number of benzene rings is 1. The summed E-state index contributed by atoms with van der Waals surface area (Å²) in [6.45, 7) is 3.03. The molecule has 116 valence electrons. The van der Waals surface area contributed by atoms with Gasteiger partial charge in [0.1, 0.15) is 0 Å². The molecule has 0 radical (unpaired) electrons. The smallest absolute Gasteiger partial charge is 0.223 e. The number of amides is 1. The predicted octanol–water partition coefficient (Wildman–Crippen LogP) is 2.98. The SMILES string of the molecule is Cl.O=C(NCCC1CCNC1)C1CC1c1cccc(Cl)c1. The molecule has 1 aliphatic carbocycles. The number of halogens is 2. The number of nitrogens with one attached hydrogen (secondary N) is 2. The molecule has 5 heteroatoms. The fraction of sp³-hybridized carbons (Fsp3) is 0.562. The summed E-state index contributed by atoms with van der Waals surface area (Å²) >= 11 is 5.99. The molecule has 2 aliphatic rings. The van der Waals surface area contributed by atoms with Crippen LogP contribution >= 0.6 is 24.0 Å². The first-order valence-corrected chi connectivity index (χ1v) is 7.86. The Morgan fingerprint density at radius 1 is 1.43 bits per heavy atom. The Morgan fingerprint density at radius 2 is 2.29 bits per heavy atom. The quantitative estimate of drug-likeness (QED) is 0.872. The number of hydrogen-bond donors (Lipinski definition) is 2. The average molecular weight is 329 g/mol. The van der Waals surface area contributed by atoms with Gasteiger partial charge in [0.05, 0.1) is 0 Å². The summed E-state index contributed by atoms with van der Waals surface area (Å²) in [7, 11) is 0. The lowest BCUT2D eigenvalue weighted by Crippen LogP contribution is -2.28. The third kappa shape index (κ3) is 4.35. The molecule has 1 amide bonds. The van der Waals surface area contributed by atoms with Gasteiger partial charge in [0.25, 0.3) is 0 Å². The van der Waals surface area contributed by atoms with Gasteiger partial charge in [-0.1, -0.05) is 23.7 Å². The number of carbonyl (C=O) groups is 1. The maximum atomic E-state index is 12.1. The lowest BCUT2D eigenvalue weighted by Gasteiger charge is -2.09. The van der Waals surface area contributed by atoms with E-state index in [1.807, 2.05) is 18.2 Å². The van der Waals surface area contributed by atoms with Crippen molar-refractivity contribution in [1.82, 2.24) is 10.6 Å². The van der Waals surface area contributed by atoms with E-state index in [4.69, 9.17) is 11.6 Å². The van der Waals surface area contributed by atoms with Crippen molar-refractivity contribution >= 4 is 29.9 Å². The molecule has 1 heterocycles. The Kier molecular flexibility index (Phi) is 5.91. The van der Waals surface area contributed by atoms with E-state index in [9.17, 15) is 4.79 Å². The zero-order valence-corrected chi connectivity index (χ0v) is 13.6. The van der Waals surface area contributed by atoms with Crippen LogP contribution in [0.3, 0.4) is 0 Å². The van der Waals surface area contributed by atoms with Gasteiger partial charge in [-0.2, -0.15) is 0 Å². The molecule has 2 N–H and O–H groups in total. The fourth-order valence-corrected chi connectivity index (χ4v) is 3.28. The zero-order chi connectivity index (χ0) is 13.9. The van der Waals surface area contributed by atoms with Crippen molar-refractivity contribution in [3.8, 4) is 0 Å². The Hall–Kier alpha value is -0.770. The molecule has 1 aliphatic heterocycles. The molecule has 3 atom stereocenters. The Balaban J connectivity index is 0.00000161.